The summed E-state index contributed by atoms with van der Waals surface area (Å²) in [5, 5.41) is 11.3. The van der Waals surface area contributed by atoms with E-state index in [4.69, 9.17) is 17.3 Å². The Morgan fingerprint density at radius 1 is 1.05 bits per heavy atom. The number of hydrogen-bond acceptors (Lipinski definition) is 7. The predicted molar refractivity (Wildman–Crippen MR) is 155 cm³/mol. The van der Waals surface area contributed by atoms with Crippen molar-refractivity contribution in [1.82, 2.24) is 20.3 Å². The highest BCUT2D eigenvalue weighted by Crippen LogP contribution is 2.30. The van der Waals surface area contributed by atoms with Crippen molar-refractivity contribution in [2.45, 2.75) is 102 Å². The fourth-order valence-corrected chi connectivity index (χ4v) is 5.58. The minimum absolute atomic E-state index is 0.0475. The number of ether oxygens (including phenoxy) is 2. The molecule has 1 aromatic heterocycles. The minimum atomic E-state index is -0.302. The van der Waals surface area contributed by atoms with E-state index >= 15 is 0 Å². The third kappa shape index (κ3) is 13.8. The van der Waals surface area contributed by atoms with Crippen LogP contribution in [-0.4, -0.2) is 64.5 Å². The third-order valence-electron chi connectivity index (χ3n) is 5.47. The van der Waals surface area contributed by atoms with E-state index in [-0.39, 0.29) is 29.1 Å². The van der Waals surface area contributed by atoms with Crippen molar-refractivity contribution in [1.29, 1.82) is 0 Å². The summed E-state index contributed by atoms with van der Waals surface area (Å²) in [5.74, 6) is 0.768. The zero-order valence-electron chi connectivity index (χ0n) is 23.5. The number of benzene rings is 1. The standard InChI is InChI=1S/C27H43BN4O3S2/c1-25(2,3)35-27(6,7)13-16-34-26(4,5)12-15-32-20-22(30-31-32)18-24(33)29-14-17-36-37-23-10-8-21(19-28)9-11-23/h8-11,20H,12-19H2,1-7H3,(H,29,33). The molecule has 37 heavy (non-hydrogen) atoms. The molecule has 2 aromatic rings. The normalized spacial score (nSPS) is 12.6. The average Bonchev–Trinajstić information content (AvgIpc) is 3.23. The molecule has 0 atom stereocenters. The molecule has 7 nitrogen and oxygen atoms in total. The molecule has 0 saturated heterocycles. The minimum Gasteiger partial charge on any atom is -0.375 e. The van der Waals surface area contributed by atoms with Gasteiger partial charge in [0.15, 0.2) is 0 Å². The molecular weight excluding hydrogens is 503 g/mol. The predicted octanol–water partition coefficient (Wildman–Crippen LogP) is 5.21. The van der Waals surface area contributed by atoms with Crippen molar-refractivity contribution in [3.05, 3.63) is 41.7 Å². The zero-order valence-corrected chi connectivity index (χ0v) is 25.1. The summed E-state index contributed by atoms with van der Waals surface area (Å²) in [6.07, 6.45) is 4.21. The van der Waals surface area contributed by atoms with Crippen LogP contribution in [0.4, 0.5) is 0 Å². The molecule has 2 rings (SSSR count). The number of nitrogens with one attached hydrogen (secondary N) is 1. The van der Waals surface area contributed by atoms with E-state index in [9.17, 15) is 4.79 Å². The second-order valence-electron chi connectivity index (χ2n) is 11.3. The summed E-state index contributed by atoms with van der Waals surface area (Å²) < 4.78 is 14.1. The van der Waals surface area contributed by atoms with Crippen molar-refractivity contribution < 1.29 is 14.3 Å². The van der Waals surface area contributed by atoms with Gasteiger partial charge < -0.3 is 14.8 Å². The maximum absolute atomic E-state index is 12.3. The van der Waals surface area contributed by atoms with Crippen LogP contribution in [0.1, 0.15) is 72.6 Å². The van der Waals surface area contributed by atoms with Gasteiger partial charge in [0, 0.05) is 29.9 Å². The van der Waals surface area contributed by atoms with Gasteiger partial charge >= 0.3 is 0 Å². The molecule has 0 saturated carbocycles. The van der Waals surface area contributed by atoms with E-state index < -0.39 is 0 Å². The van der Waals surface area contributed by atoms with Crippen molar-refractivity contribution in [3.8, 4) is 0 Å². The fraction of sp³-hybridized carbons (Fsp3) is 0.667. The number of hydrogen-bond donors (Lipinski definition) is 1. The molecule has 1 aromatic carbocycles. The highest BCUT2D eigenvalue weighted by Gasteiger charge is 2.27. The van der Waals surface area contributed by atoms with Gasteiger partial charge in [-0.2, -0.15) is 0 Å². The van der Waals surface area contributed by atoms with Gasteiger partial charge in [-0.3, -0.25) is 9.48 Å². The monoisotopic (exact) mass is 546 g/mol. The largest absolute Gasteiger partial charge is 0.375 e. The Bertz CT molecular complexity index is 959. The second-order valence-corrected chi connectivity index (χ2v) is 13.8. The fourth-order valence-electron chi connectivity index (χ4n) is 3.69. The summed E-state index contributed by atoms with van der Waals surface area (Å²) >= 11 is 0. The molecule has 0 fully saturated rings. The Hall–Kier alpha value is -1.49. The molecule has 0 bridgehead atoms. The molecule has 2 radical (unpaired) electrons. The van der Waals surface area contributed by atoms with Gasteiger partial charge in [-0.15, -0.1) is 5.10 Å². The van der Waals surface area contributed by atoms with E-state index in [0.717, 1.165) is 24.2 Å². The number of rotatable bonds is 16. The Kier molecular flexibility index (Phi) is 12.5. The summed E-state index contributed by atoms with van der Waals surface area (Å²) in [6, 6.07) is 8.21. The first-order chi connectivity index (χ1) is 17.3. The molecule has 1 heterocycles. The molecule has 204 valence electrons. The van der Waals surface area contributed by atoms with Crippen molar-refractivity contribution in [3.63, 3.8) is 0 Å². The van der Waals surface area contributed by atoms with Gasteiger partial charge in [0.1, 0.15) is 0 Å². The van der Waals surface area contributed by atoms with E-state index in [1.54, 1.807) is 26.3 Å². The van der Waals surface area contributed by atoms with E-state index in [0.29, 0.717) is 31.7 Å². The molecule has 10 heteroatoms. The van der Waals surface area contributed by atoms with Crippen LogP contribution in [0.5, 0.6) is 0 Å². The molecule has 0 spiro atoms. The van der Waals surface area contributed by atoms with Crippen molar-refractivity contribution >= 4 is 35.3 Å². The van der Waals surface area contributed by atoms with Crippen LogP contribution in [0.15, 0.2) is 35.4 Å². The Morgan fingerprint density at radius 2 is 1.76 bits per heavy atom. The van der Waals surface area contributed by atoms with Gasteiger partial charge in [-0.25, -0.2) is 0 Å². The van der Waals surface area contributed by atoms with E-state index in [1.807, 2.05) is 18.3 Å². The molecular formula is C27H43BN4O3S2. The summed E-state index contributed by atoms with van der Waals surface area (Å²) in [6.45, 7) is 16.5. The zero-order chi connectivity index (χ0) is 27.5. The van der Waals surface area contributed by atoms with Crippen molar-refractivity contribution in [2.24, 2.45) is 0 Å². The quantitative estimate of drug-likeness (QED) is 0.176. The summed E-state index contributed by atoms with van der Waals surface area (Å²) in [5.41, 5.74) is 1.06. The lowest BCUT2D eigenvalue weighted by Gasteiger charge is -2.35. The van der Waals surface area contributed by atoms with Gasteiger partial charge in [0.25, 0.3) is 0 Å². The third-order valence-corrected chi connectivity index (χ3v) is 7.86. The first-order valence-electron chi connectivity index (χ1n) is 12.9. The topological polar surface area (TPSA) is 78.3 Å². The van der Waals surface area contributed by atoms with Crippen LogP contribution in [0.2, 0.25) is 0 Å². The maximum Gasteiger partial charge on any atom is 0.226 e. The van der Waals surface area contributed by atoms with Gasteiger partial charge in [-0.05, 0) is 73.4 Å². The van der Waals surface area contributed by atoms with Crippen LogP contribution < -0.4 is 5.32 Å². The Labute approximate surface area is 232 Å². The lowest BCUT2D eigenvalue weighted by Crippen LogP contribution is -2.37. The maximum atomic E-state index is 12.3. The van der Waals surface area contributed by atoms with E-state index in [1.165, 1.54) is 4.90 Å². The highest BCUT2D eigenvalue weighted by molar-refractivity contribution is 8.76. The van der Waals surface area contributed by atoms with E-state index in [2.05, 4.69) is 76.2 Å². The van der Waals surface area contributed by atoms with Crippen LogP contribution in [0, 0.1) is 0 Å². The molecule has 0 aliphatic rings. The van der Waals surface area contributed by atoms with Crippen LogP contribution in [0.3, 0.4) is 0 Å². The summed E-state index contributed by atoms with van der Waals surface area (Å²) in [4.78, 5) is 13.5. The first-order valence-corrected chi connectivity index (χ1v) is 15.2. The van der Waals surface area contributed by atoms with Gasteiger partial charge in [0.05, 0.1) is 43.4 Å². The van der Waals surface area contributed by atoms with Crippen LogP contribution >= 0.6 is 21.6 Å². The Balaban J connectivity index is 1.63. The molecule has 0 aliphatic carbocycles. The van der Waals surface area contributed by atoms with Gasteiger partial charge in [-0.1, -0.05) is 50.8 Å². The molecule has 0 unspecified atom stereocenters. The van der Waals surface area contributed by atoms with Crippen LogP contribution in [0.25, 0.3) is 0 Å². The number of aryl methyl sites for hydroxylation is 1. The molecule has 0 aliphatic heterocycles. The lowest BCUT2D eigenvalue weighted by molar-refractivity contribution is -0.132. The number of nitrogens with zero attached hydrogens (tertiary/aromatic N) is 3. The van der Waals surface area contributed by atoms with Crippen LogP contribution in [-0.2, 0) is 33.6 Å². The highest BCUT2D eigenvalue weighted by atomic mass is 33.1. The Morgan fingerprint density at radius 3 is 2.41 bits per heavy atom. The lowest BCUT2D eigenvalue weighted by atomic mass is 9.97. The average molecular weight is 547 g/mol. The van der Waals surface area contributed by atoms with Crippen molar-refractivity contribution in [2.75, 3.05) is 18.9 Å². The molecule has 1 N–H and O–H groups in total. The summed E-state index contributed by atoms with van der Waals surface area (Å²) in [7, 11) is 9.03. The number of aromatic nitrogens is 3. The van der Waals surface area contributed by atoms with Gasteiger partial charge in [0.2, 0.25) is 5.91 Å². The number of amides is 1. The first kappa shape index (κ1) is 31.7. The SMILES string of the molecule is [B]Cc1ccc(SSCCNC(=O)Cc2cn(CCC(C)(C)OCCC(C)(C)OC(C)(C)C)nn2)cc1. The number of carbonyl (C=O) groups is 1. The number of carbonyl (C=O) groups excluding carboxylic acids is 1. The second kappa shape index (κ2) is 14.6. The molecule has 1 amide bonds. The smallest absolute Gasteiger partial charge is 0.226 e.